The number of alkyl halides is 3. The quantitative estimate of drug-likeness (QED) is 0.652. The van der Waals surface area contributed by atoms with E-state index in [0.29, 0.717) is 19.4 Å². The topological polar surface area (TPSA) is 70.2 Å². The maximum Gasteiger partial charge on any atom is 0.405 e. The first kappa shape index (κ1) is 14.7. The van der Waals surface area contributed by atoms with Crippen molar-refractivity contribution in [3.05, 3.63) is 0 Å². The van der Waals surface area contributed by atoms with Gasteiger partial charge in [0.1, 0.15) is 6.54 Å². The van der Waals surface area contributed by atoms with Crippen LogP contribution in [-0.2, 0) is 9.59 Å². The Labute approximate surface area is 102 Å². The van der Waals surface area contributed by atoms with Gasteiger partial charge in [-0.2, -0.15) is 13.2 Å². The lowest BCUT2D eigenvalue weighted by molar-refractivity contribution is -0.139. The largest absolute Gasteiger partial charge is 0.405 e. The Hall–Kier alpha value is -1.31. The first-order chi connectivity index (χ1) is 8.28. The Bertz CT molecular complexity index is 320. The van der Waals surface area contributed by atoms with Crippen molar-refractivity contribution in [1.29, 1.82) is 0 Å². The Morgan fingerprint density at radius 2 is 2.22 bits per heavy atom. The van der Waals surface area contributed by atoms with E-state index in [-0.39, 0.29) is 11.9 Å². The van der Waals surface area contributed by atoms with Gasteiger partial charge in [-0.25, -0.2) is 0 Å². The van der Waals surface area contributed by atoms with Gasteiger partial charge in [0.25, 0.3) is 0 Å². The van der Waals surface area contributed by atoms with Crippen LogP contribution in [0.2, 0.25) is 0 Å². The molecule has 0 aliphatic carbocycles. The number of hydrogen-bond acceptors (Lipinski definition) is 3. The van der Waals surface area contributed by atoms with Gasteiger partial charge in [0, 0.05) is 19.0 Å². The molecular formula is C10H16F3N3O2. The highest BCUT2D eigenvalue weighted by molar-refractivity contribution is 5.81. The molecule has 18 heavy (non-hydrogen) atoms. The molecule has 1 aliphatic rings. The van der Waals surface area contributed by atoms with Crippen LogP contribution in [-0.4, -0.2) is 43.2 Å². The summed E-state index contributed by atoms with van der Waals surface area (Å²) in [5.41, 5.74) is 0. The Morgan fingerprint density at radius 1 is 1.56 bits per heavy atom. The molecule has 2 unspecified atom stereocenters. The molecule has 0 bridgehead atoms. The lowest BCUT2D eigenvalue weighted by atomic mass is 10.2. The van der Waals surface area contributed by atoms with Crippen molar-refractivity contribution in [3.8, 4) is 0 Å². The van der Waals surface area contributed by atoms with Crippen LogP contribution in [0.15, 0.2) is 0 Å². The van der Waals surface area contributed by atoms with Crippen LogP contribution in [0.1, 0.15) is 19.8 Å². The van der Waals surface area contributed by atoms with E-state index in [4.69, 9.17) is 0 Å². The predicted octanol–water partition coefficient (Wildman–Crippen LogP) is -0.0784. The van der Waals surface area contributed by atoms with E-state index in [2.05, 4.69) is 10.6 Å². The zero-order valence-corrected chi connectivity index (χ0v) is 9.93. The van der Waals surface area contributed by atoms with Crippen LogP contribution in [0.25, 0.3) is 0 Å². The van der Waals surface area contributed by atoms with Crippen LogP contribution < -0.4 is 16.0 Å². The second-order valence-corrected chi connectivity index (χ2v) is 4.27. The minimum atomic E-state index is -4.41. The zero-order valence-electron chi connectivity index (χ0n) is 9.93. The van der Waals surface area contributed by atoms with Gasteiger partial charge in [0.2, 0.25) is 11.8 Å². The van der Waals surface area contributed by atoms with Gasteiger partial charge in [0.15, 0.2) is 0 Å². The SMILES string of the molecule is CC(NCC1CCC(=O)N1)C(=O)NCC(F)(F)F. The van der Waals surface area contributed by atoms with E-state index in [1.807, 2.05) is 0 Å². The highest BCUT2D eigenvalue weighted by atomic mass is 19.4. The molecule has 0 aromatic carbocycles. The number of carbonyl (C=O) groups is 2. The van der Waals surface area contributed by atoms with Crippen LogP contribution >= 0.6 is 0 Å². The maximum absolute atomic E-state index is 11.9. The molecule has 0 spiro atoms. The van der Waals surface area contributed by atoms with Gasteiger partial charge >= 0.3 is 6.18 Å². The highest BCUT2D eigenvalue weighted by Gasteiger charge is 2.29. The number of carbonyl (C=O) groups excluding carboxylic acids is 2. The number of rotatable bonds is 5. The zero-order chi connectivity index (χ0) is 13.8. The van der Waals surface area contributed by atoms with Gasteiger partial charge in [-0.3, -0.25) is 9.59 Å². The number of amides is 2. The fourth-order valence-corrected chi connectivity index (χ4v) is 1.58. The molecule has 104 valence electrons. The first-order valence-corrected chi connectivity index (χ1v) is 5.65. The Kier molecular flexibility index (Phi) is 4.94. The minimum Gasteiger partial charge on any atom is -0.352 e. The van der Waals surface area contributed by atoms with Crippen molar-refractivity contribution in [2.45, 2.75) is 38.0 Å². The molecule has 0 aromatic rings. The molecular weight excluding hydrogens is 251 g/mol. The third-order valence-electron chi connectivity index (χ3n) is 2.61. The average Bonchev–Trinajstić information content (AvgIpc) is 2.67. The number of halogens is 3. The molecule has 5 nitrogen and oxygen atoms in total. The summed E-state index contributed by atoms with van der Waals surface area (Å²) in [5.74, 6) is -0.757. The highest BCUT2D eigenvalue weighted by Crippen LogP contribution is 2.12. The molecule has 1 aliphatic heterocycles. The summed E-state index contributed by atoms with van der Waals surface area (Å²) in [6.45, 7) is 0.507. The molecule has 3 N–H and O–H groups in total. The van der Waals surface area contributed by atoms with Crippen molar-refractivity contribution >= 4 is 11.8 Å². The summed E-state index contributed by atoms with van der Waals surface area (Å²) in [4.78, 5) is 22.2. The molecule has 1 rings (SSSR count). The molecule has 0 radical (unpaired) electrons. The summed E-state index contributed by atoms with van der Waals surface area (Å²) >= 11 is 0. The normalized spacial score (nSPS) is 21.6. The van der Waals surface area contributed by atoms with Gasteiger partial charge in [-0.05, 0) is 13.3 Å². The van der Waals surface area contributed by atoms with E-state index < -0.39 is 24.7 Å². The van der Waals surface area contributed by atoms with Crippen molar-refractivity contribution in [2.75, 3.05) is 13.1 Å². The molecule has 0 aromatic heterocycles. The number of nitrogens with one attached hydrogen (secondary N) is 3. The first-order valence-electron chi connectivity index (χ1n) is 5.65. The van der Waals surface area contributed by atoms with Crippen molar-refractivity contribution in [1.82, 2.24) is 16.0 Å². The molecule has 2 amide bonds. The lowest BCUT2D eigenvalue weighted by Gasteiger charge is -2.17. The standard InChI is InChI=1S/C10H16F3N3O2/c1-6(9(18)15-5-10(11,12)13)14-4-7-2-3-8(17)16-7/h6-7,14H,2-5H2,1H3,(H,15,18)(H,16,17). The van der Waals surface area contributed by atoms with E-state index in [9.17, 15) is 22.8 Å². The van der Waals surface area contributed by atoms with E-state index in [1.165, 1.54) is 6.92 Å². The van der Waals surface area contributed by atoms with Gasteiger partial charge in [0.05, 0.1) is 6.04 Å². The van der Waals surface area contributed by atoms with Crippen molar-refractivity contribution in [2.24, 2.45) is 0 Å². The Morgan fingerprint density at radius 3 is 2.72 bits per heavy atom. The second kappa shape index (κ2) is 6.03. The van der Waals surface area contributed by atoms with Crippen LogP contribution in [0, 0.1) is 0 Å². The van der Waals surface area contributed by atoms with Crippen LogP contribution in [0.4, 0.5) is 13.2 Å². The molecule has 1 saturated heterocycles. The minimum absolute atomic E-state index is 0.0454. The number of hydrogen-bond donors (Lipinski definition) is 3. The van der Waals surface area contributed by atoms with Crippen LogP contribution in [0.3, 0.4) is 0 Å². The summed E-state index contributed by atoms with van der Waals surface area (Å²) in [7, 11) is 0. The molecule has 1 fully saturated rings. The van der Waals surface area contributed by atoms with E-state index >= 15 is 0 Å². The van der Waals surface area contributed by atoms with Gasteiger partial charge in [-0.1, -0.05) is 0 Å². The van der Waals surface area contributed by atoms with E-state index in [0.717, 1.165) is 0 Å². The summed E-state index contributed by atoms with van der Waals surface area (Å²) in [5, 5.41) is 7.27. The predicted molar refractivity (Wildman–Crippen MR) is 57.7 cm³/mol. The third-order valence-corrected chi connectivity index (χ3v) is 2.61. The third kappa shape index (κ3) is 5.35. The Balaban J connectivity index is 2.21. The smallest absolute Gasteiger partial charge is 0.352 e. The maximum atomic E-state index is 11.9. The fraction of sp³-hybridized carbons (Fsp3) is 0.800. The lowest BCUT2D eigenvalue weighted by Crippen LogP contribution is -2.48. The van der Waals surface area contributed by atoms with Gasteiger partial charge in [-0.15, -0.1) is 0 Å². The molecule has 0 saturated carbocycles. The fourth-order valence-electron chi connectivity index (χ4n) is 1.58. The van der Waals surface area contributed by atoms with Crippen molar-refractivity contribution in [3.63, 3.8) is 0 Å². The second-order valence-electron chi connectivity index (χ2n) is 4.27. The summed E-state index contributed by atoms with van der Waals surface area (Å²) in [6, 6.07) is -0.791. The monoisotopic (exact) mass is 267 g/mol. The average molecular weight is 267 g/mol. The molecule has 1 heterocycles. The van der Waals surface area contributed by atoms with Gasteiger partial charge < -0.3 is 16.0 Å². The van der Waals surface area contributed by atoms with E-state index in [1.54, 1.807) is 5.32 Å². The molecule has 2 atom stereocenters. The molecule has 8 heteroatoms. The van der Waals surface area contributed by atoms with Crippen molar-refractivity contribution < 1.29 is 22.8 Å². The van der Waals surface area contributed by atoms with Crippen LogP contribution in [0.5, 0.6) is 0 Å². The summed E-state index contributed by atoms with van der Waals surface area (Å²) in [6.07, 6.45) is -3.29. The summed E-state index contributed by atoms with van der Waals surface area (Å²) < 4.78 is 35.6.